The summed E-state index contributed by atoms with van der Waals surface area (Å²) in [6.07, 6.45) is 0. The van der Waals surface area contributed by atoms with Crippen LogP contribution in [-0.2, 0) is 18.4 Å². The van der Waals surface area contributed by atoms with Crippen LogP contribution in [0.25, 0.3) is 0 Å². The fourth-order valence-electron chi connectivity index (χ4n) is 0.877. The van der Waals surface area contributed by atoms with Crippen molar-refractivity contribution in [2.24, 2.45) is 5.92 Å². The molecule has 0 heterocycles. The van der Waals surface area contributed by atoms with Gasteiger partial charge in [-0.1, -0.05) is 0 Å². The van der Waals surface area contributed by atoms with Crippen molar-refractivity contribution in [1.82, 2.24) is 0 Å². The topological polar surface area (TPSA) is 52.6 Å². The Hall–Kier alpha value is -0.626. The molecule has 0 aromatic heterocycles. The highest BCUT2D eigenvalue weighted by Gasteiger charge is 2.32. The lowest BCUT2D eigenvalue weighted by molar-refractivity contribution is -0.151. The average molecular weight is 262 g/mol. The SMILES string of the molecule is CC(C(=O)O[Si](C)(C)C)C(=O)O[Si](C)(C)C. The van der Waals surface area contributed by atoms with E-state index in [0.29, 0.717) is 0 Å². The third-order valence-corrected chi connectivity index (χ3v) is 3.15. The largest absolute Gasteiger partial charge is 0.519 e. The molecule has 0 saturated carbocycles. The van der Waals surface area contributed by atoms with E-state index in [1.807, 2.05) is 39.3 Å². The van der Waals surface area contributed by atoms with E-state index in [0.717, 1.165) is 0 Å². The molecule has 0 aliphatic carbocycles. The third-order valence-electron chi connectivity index (χ3n) is 1.52. The first-order valence-corrected chi connectivity index (χ1v) is 12.2. The summed E-state index contributed by atoms with van der Waals surface area (Å²) in [4.78, 5) is 23.2. The Morgan fingerprint density at radius 2 is 1.06 bits per heavy atom. The van der Waals surface area contributed by atoms with Crippen molar-refractivity contribution in [3.05, 3.63) is 0 Å². The molecule has 0 atom stereocenters. The van der Waals surface area contributed by atoms with E-state index >= 15 is 0 Å². The summed E-state index contributed by atoms with van der Waals surface area (Å²) in [6, 6.07) is 0. The Kier molecular flexibility index (Phi) is 4.93. The number of hydrogen-bond donors (Lipinski definition) is 0. The zero-order valence-corrected chi connectivity index (χ0v) is 13.2. The second-order valence-corrected chi connectivity index (χ2v) is 14.6. The maximum absolute atomic E-state index is 11.6. The molecule has 0 saturated heterocycles. The van der Waals surface area contributed by atoms with Crippen LogP contribution < -0.4 is 0 Å². The molecule has 0 N–H and O–H groups in total. The number of carbonyl (C=O) groups excluding carboxylic acids is 2. The van der Waals surface area contributed by atoms with Crippen LogP contribution in [0.2, 0.25) is 39.3 Å². The fraction of sp³-hybridized carbons (Fsp3) is 0.800. The van der Waals surface area contributed by atoms with Gasteiger partial charge in [0.25, 0.3) is 0 Å². The molecule has 0 unspecified atom stereocenters. The Morgan fingerprint density at radius 3 is 1.25 bits per heavy atom. The van der Waals surface area contributed by atoms with E-state index in [-0.39, 0.29) is 0 Å². The molecule has 0 aromatic rings. The van der Waals surface area contributed by atoms with Gasteiger partial charge in [0.05, 0.1) is 0 Å². The van der Waals surface area contributed by atoms with E-state index in [2.05, 4.69) is 0 Å². The van der Waals surface area contributed by atoms with Gasteiger partial charge in [-0.05, 0) is 46.2 Å². The van der Waals surface area contributed by atoms with Crippen molar-refractivity contribution < 1.29 is 18.4 Å². The molecular formula is C10H22O4Si2. The zero-order chi connectivity index (χ0) is 13.1. The summed E-state index contributed by atoms with van der Waals surface area (Å²) in [5.74, 6) is -1.76. The third kappa shape index (κ3) is 6.78. The summed E-state index contributed by atoms with van der Waals surface area (Å²) in [5.41, 5.74) is 0. The van der Waals surface area contributed by atoms with Crippen molar-refractivity contribution in [2.75, 3.05) is 0 Å². The van der Waals surface area contributed by atoms with Crippen LogP contribution in [0.15, 0.2) is 0 Å². The molecule has 0 rings (SSSR count). The van der Waals surface area contributed by atoms with E-state index in [4.69, 9.17) is 8.85 Å². The Bertz CT molecular complexity index is 248. The minimum Gasteiger partial charge on any atom is -0.519 e. The second kappa shape index (κ2) is 5.14. The van der Waals surface area contributed by atoms with Crippen LogP contribution in [0.4, 0.5) is 0 Å². The van der Waals surface area contributed by atoms with E-state index in [1.165, 1.54) is 6.92 Å². The molecule has 16 heavy (non-hydrogen) atoms. The summed E-state index contributed by atoms with van der Waals surface area (Å²) in [7, 11) is -3.87. The number of rotatable bonds is 4. The van der Waals surface area contributed by atoms with E-state index in [1.54, 1.807) is 0 Å². The van der Waals surface area contributed by atoms with Crippen LogP contribution in [0, 0.1) is 5.92 Å². The van der Waals surface area contributed by atoms with Crippen LogP contribution in [-0.4, -0.2) is 28.6 Å². The summed E-state index contributed by atoms with van der Waals surface area (Å²) < 4.78 is 10.5. The molecule has 0 bridgehead atoms. The molecule has 0 aliphatic heterocycles. The van der Waals surface area contributed by atoms with Crippen molar-refractivity contribution in [3.8, 4) is 0 Å². The van der Waals surface area contributed by atoms with Gasteiger partial charge in [-0.2, -0.15) is 0 Å². The van der Waals surface area contributed by atoms with Gasteiger partial charge in [0.2, 0.25) is 16.6 Å². The molecule has 0 spiro atoms. The van der Waals surface area contributed by atoms with Crippen molar-refractivity contribution in [1.29, 1.82) is 0 Å². The Balaban J connectivity index is 4.40. The summed E-state index contributed by atoms with van der Waals surface area (Å²) >= 11 is 0. The van der Waals surface area contributed by atoms with E-state index < -0.39 is 34.5 Å². The lowest BCUT2D eigenvalue weighted by Crippen LogP contribution is -2.38. The lowest BCUT2D eigenvalue weighted by atomic mass is 10.2. The summed E-state index contributed by atoms with van der Waals surface area (Å²) in [6.45, 7) is 13.0. The first-order valence-electron chi connectivity index (χ1n) is 5.38. The van der Waals surface area contributed by atoms with E-state index in [9.17, 15) is 9.59 Å². The van der Waals surface area contributed by atoms with Gasteiger partial charge in [-0.15, -0.1) is 0 Å². The molecule has 0 aromatic carbocycles. The Labute approximate surface area is 99.6 Å². The molecule has 94 valence electrons. The standard InChI is InChI=1S/C10H22O4Si2/c1-8(9(11)13-15(2,3)4)10(12)14-16(5,6)7/h8H,1-7H3. The minimum absolute atomic E-state index is 0.470. The van der Waals surface area contributed by atoms with Crippen LogP contribution in [0.3, 0.4) is 0 Å². The fourth-order valence-corrected chi connectivity index (χ4v) is 2.44. The second-order valence-electron chi connectivity index (χ2n) is 5.79. The number of carbonyl (C=O) groups is 2. The van der Waals surface area contributed by atoms with Gasteiger partial charge in [0.15, 0.2) is 0 Å². The maximum Gasteiger partial charge on any atom is 0.306 e. The van der Waals surface area contributed by atoms with Gasteiger partial charge in [0, 0.05) is 0 Å². The monoisotopic (exact) mass is 262 g/mol. The van der Waals surface area contributed by atoms with Gasteiger partial charge < -0.3 is 8.85 Å². The van der Waals surface area contributed by atoms with Crippen molar-refractivity contribution in [2.45, 2.75) is 46.2 Å². The predicted molar refractivity (Wildman–Crippen MR) is 68.0 cm³/mol. The zero-order valence-electron chi connectivity index (χ0n) is 11.2. The van der Waals surface area contributed by atoms with Gasteiger partial charge in [0.1, 0.15) is 5.92 Å². The average Bonchev–Trinajstić information content (AvgIpc) is 1.96. The predicted octanol–water partition coefficient (Wildman–Crippen LogP) is 2.38. The quantitative estimate of drug-likeness (QED) is 0.576. The highest BCUT2D eigenvalue weighted by atomic mass is 28.4. The lowest BCUT2D eigenvalue weighted by Gasteiger charge is -2.23. The minimum atomic E-state index is -1.93. The van der Waals surface area contributed by atoms with Crippen LogP contribution in [0.5, 0.6) is 0 Å². The molecule has 0 aliphatic rings. The highest BCUT2D eigenvalue weighted by molar-refractivity contribution is 6.72. The maximum atomic E-state index is 11.6. The van der Waals surface area contributed by atoms with Crippen LogP contribution in [0.1, 0.15) is 6.92 Å². The molecule has 0 radical (unpaired) electrons. The van der Waals surface area contributed by atoms with Crippen LogP contribution >= 0.6 is 0 Å². The number of hydrogen-bond acceptors (Lipinski definition) is 4. The van der Waals surface area contributed by atoms with Crippen molar-refractivity contribution in [3.63, 3.8) is 0 Å². The molecule has 6 heteroatoms. The first kappa shape index (κ1) is 15.4. The Morgan fingerprint density at radius 1 is 0.812 bits per heavy atom. The summed E-state index contributed by atoms with van der Waals surface area (Å²) in [5, 5.41) is 0. The van der Waals surface area contributed by atoms with Crippen molar-refractivity contribution >= 4 is 28.6 Å². The highest BCUT2D eigenvalue weighted by Crippen LogP contribution is 2.12. The van der Waals surface area contributed by atoms with Gasteiger partial charge >= 0.3 is 11.9 Å². The molecule has 4 nitrogen and oxygen atoms in total. The van der Waals surface area contributed by atoms with Gasteiger partial charge in [-0.25, -0.2) is 0 Å². The van der Waals surface area contributed by atoms with Gasteiger partial charge in [-0.3, -0.25) is 9.59 Å². The molecule has 0 amide bonds. The molecule has 0 fully saturated rings. The smallest absolute Gasteiger partial charge is 0.306 e. The normalized spacial score (nSPS) is 12.5. The molecular weight excluding hydrogens is 240 g/mol. The first-order chi connectivity index (χ1) is 6.92.